The SMILES string of the molecule is COCc1cccc(N=[N+]=[N-])c1. The lowest BCUT2D eigenvalue weighted by molar-refractivity contribution is 0.185. The Labute approximate surface area is 70.4 Å². The normalized spacial score (nSPS) is 9.08. The zero-order valence-corrected chi connectivity index (χ0v) is 6.77. The molecule has 4 heteroatoms. The number of rotatable bonds is 3. The number of benzene rings is 1. The molecule has 0 heterocycles. The largest absolute Gasteiger partial charge is 0.380 e. The van der Waals surface area contributed by atoms with Crippen molar-refractivity contribution in [2.75, 3.05) is 7.11 Å². The van der Waals surface area contributed by atoms with Gasteiger partial charge in [0.2, 0.25) is 0 Å². The number of nitrogens with zero attached hydrogens (tertiary/aromatic N) is 3. The van der Waals surface area contributed by atoms with Gasteiger partial charge in [0.1, 0.15) is 0 Å². The fraction of sp³-hybridized carbons (Fsp3) is 0.250. The van der Waals surface area contributed by atoms with E-state index in [1.807, 2.05) is 12.1 Å². The maximum atomic E-state index is 8.17. The summed E-state index contributed by atoms with van der Waals surface area (Å²) in [5.74, 6) is 0. The molecule has 0 unspecified atom stereocenters. The highest BCUT2D eigenvalue weighted by molar-refractivity contribution is 5.39. The quantitative estimate of drug-likeness (QED) is 0.384. The van der Waals surface area contributed by atoms with Gasteiger partial charge in [0.15, 0.2) is 0 Å². The molecule has 0 bridgehead atoms. The predicted molar refractivity (Wildman–Crippen MR) is 46.0 cm³/mol. The van der Waals surface area contributed by atoms with Crippen LogP contribution < -0.4 is 0 Å². The number of hydrogen-bond acceptors (Lipinski definition) is 2. The van der Waals surface area contributed by atoms with Gasteiger partial charge in [-0.15, -0.1) is 0 Å². The summed E-state index contributed by atoms with van der Waals surface area (Å²) >= 11 is 0. The Kier molecular flexibility index (Phi) is 3.14. The average Bonchev–Trinajstić information content (AvgIpc) is 2.06. The van der Waals surface area contributed by atoms with Crippen molar-refractivity contribution in [1.82, 2.24) is 0 Å². The maximum absolute atomic E-state index is 8.17. The van der Waals surface area contributed by atoms with Gasteiger partial charge in [0.25, 0.3) is 0 Å². The standard InChI is InChI=1S/C8H9N3O/c1-12-6-7-3-2-4-8(5-7)10-11-9/h2-5H,6H2,1H3. The summed E-state index contributed by atoms with van der Waals surface area (Å²) in [5, 5.41) is 3.47. The molecule has 1 aromatic rings. The van der Waals surface area contributed by atoms with Crippen molar-refractivity contribution in [3.63, 3.8) is 0 Å². The number of ether oxygens (including phenoxy) is 1. The lowest BCUT2D eigenvalue weighted by Crippen LogP contribution is -1.85. The molecule has 0 amide bonds. The summed E-state index contributed by atoms with van der Waals surface area (Å²) in [7, 11) is 1.63. The fourth-order valence-electron chi connectivity index (χ4n) is 0.927. The third kappa shape index (κ3) is 2.27. The van der Waals surface area contributed by atoms with Crippen molar-refractivity contribution in [2.24, 2.45) is 5.11 Å². The van der Waals surface area contributed by atoms with E-state index in [0.717, 1.165) is 5.56 Å². The Morgan fingerprint density at radius 1 is 1.58 bits per heavy atom. The van der Waals surface area contributed by atoms with Gasteiger partial charge in [-0.05, 0) is 17.2 Å². The first-order valence-corrected chi connectivity index (χ1v) is 3.50. The minimum absolute atomic E-state index is 0.536. The summed E-state index contributed by atoms with van der Waals surface area (Å²) < 4.78 is 4.93. The monoisotopic (exact) mass is 163 g/mol. The average molecular weight is 163 g/mol. The van der Waals surface area contributed by atoms with Crippen molar-refractivity contribution >= 4 is 5.69 Å². The van der Waals surface area contributed by atoms with Gasteiger partial charge in [-0.3, -0.25) is 0 Å². The Balaban J connectivity index is 2.87. The first-order valence-electron chi connectivity index (χ1n) is 3.50. The van der Waals surface area contributed by atoms with E-state index in [0.29, 0.717) is 12.3 Å². The molecule has 0 aromatic heterocycles. The maximum Gasteiger partial charge on any atom is 0.0713 e. The molecule has 0 aliphatic carbocycles. The molecule has 0 spiro atoms. The van der Waals surface area contributed by atoms with Crippen LogP contribution >= 0.6 is 0 Å². The van der Waals surface area contributed by atoms with E-state index in [2.05, 4.69) is 10.0 Å². The van der Waals surface area contributed by atoms with E-state index in [4.69, 9.17) is 10.3 Å². The van der Waals surface area contributed by atoms with Gasteiger partial charge in [0, 0.05) is 17.7 Å². The van der Waals surface area contributed by atoms with Crippen LogP contribution in [-0.2, 0) is 11.3 Å². The molecule has 4 nitrogen and oxygen atoms in total. The van der Waals surface area contributed by atoms with E-state index in [9.17, 15) is 0 Å². The second-order valence-electron chi connectivity index (χ2n) is 2.29. The number of hydrogen-bond donors (Lipinski definition) is 0. The van der Waals surface area contributed by atoms with Crippen molar-refractivity contribution < 1.29 is 4.74 Å². The Morgan fingerprint density at radius 3 is 3.08 bits per heavy atom. The third-order valence-corrected chi connectivity index (χ3v) is 1.38. The van der Waals surface area contributed by atoms with Crippen molar-refractivity contribution in [2.45, 2.75) is 6.61 Å². The first-order chi connectivity index (χ1) is 5.86. The molecule has 0 atom stereocenters. The van der Waals surface area contributed by atoms with Crippen LogP contribution in [0, 0.1) is 0 Å². The molecular formula is C8H9N3O. The predicted octanol–water partition coefficient (Wildman–Crippen LogP) is 2.77. The van der Waals surface area contributed by atoms with Gasteiger partial charge in [-0.1, -0.05) is 23.3 Å². The molecule has 1 rings (SSSR count). The van der Waals surface area contributed by atoms with E-state index >= 15 is 0 Å². The highest BCUT2D eigenvalue weighted by atomic mass is 16.5. The summed E-state index contributed by atoms with van der Waals surface area (Å²) in [6, 6.07) is 7.29. The topological polar surface area (TPSA) is 58.0 Å². The second kappa shape index (κ2) is 4.38. The first kappa shape index (κ1) is 8.59. The third-order valence-electron chi connectivity index (χ3n) is 1.38. The molecule has 0 saturated carbocycles. The summed E-state index contributed by atoms with van der Waals surface area (Å²) in [6.45, 7) is 0.536. The molecule has 1 aromatic carbocycles. The molecule has 0 fully saturated rings. The summed E-state index contributed by atoms with van der Waals surface area (Å²) in [5.41, 5.74) is 9.79. The molecular weight excluding hydrogens is 154 g/mol. The molecule has 0 saturated heterocycles. The minimum atomic E-state index is 0.536. The molecule has 0 radical (unpaired) electrons. The molecule has 62 valence electrons. The Hall–Kier alpha value is -1.51. The van der Waals surface area contributed by atoms with Gasteiger partial charge < -0.3 is 4.74 Å². The highest BCUT2D eigenvalue weighted by Crippen LogP contribution is 2.14. The summed E-state index contributed by atoms with van der Waals surface area (Å²) in [6.07, 6.45) is 0. The second-order valence-corrected chi connectivity index (χ2v) is 2.29. The zero-order valence-electron chi connectivity index (χ0n) is 6.77. The van der Waals surface area contributed by atoms with Crippen LogP contribution in [0.5, 0.6) is 0 Å². The number of methoxy groups -OCH3 is 1. The van der Waals surface area contributed by atoms with Crippen LogP contribution in [0.25, 0.3) is 10.4 Å². The molecule has 12 heavy (non-hydrogen) atoms. The van der Waals surface area contributed by atoms with E-state index in [-0.39, 0.29) is 0 Å². The van der Waals surface area contributed by atoms with E-state index in [1.165, 1.54) is 0 Å². The van der Waals surface area contributed by atoms with Crippen molar-refractivity contribution in [3.8, 4) is 0 Å². The lowest BCUT2D eigenvalue weighted by atomic mass is 10.2. The van der Waals surface area contributed by atoms with Gasteiger partial charge >= 0.3 is 0 Å². The van der Waals surface area contributed by atoms with E-state index in [1.54, 1.807) is 19.2 Å². The highest BCUT2D eigenvalue weighted by Gasteiger charge is 1.91. The van der Waals surface area contributed by atoms with Crippen LogP contribution in [0.1, 0.15) is 5.56 Å². The van der Waals surface area contributed by atoms with Crippen LogP contribution in [0.2, 0.25) is 0 Å². The minimum Gasteiger partial charge on any atom is -0.380 e. The fourth-order valence-corrected chi connectivity index (χ4v) is 0.927. The Morgan fingerprint density at radius 2 is 2.42 bits per heavy atom. The van der Waals surface area contributed by atoms with Crippen molar-refractivity contribution in [1.29, 1.82) is 0 Å². The van der Waals surface area contributed by atoms with Crippen molar-refractivity contribution in [3.05, 3.63) is 40.3 Å². The number of azide groups is 1. The zero-order chi connectivity index (χ0) is 8.81. The van der Waals surface area contributed by atoms with Crippen LogP contribution in [-0.4, -0.2) is 7.11 Å². The van der Waals surface area contributed by atoms with Crippen LogP contribution in [0.3, 0.4) is 0 Å². The van der Waals surface area contributed by atoms with Gasteiger partial charge in [-0.25, -0.2) is 0 Å². The smallest absolute Gasteiger partial charge is 0.0713 e. The van der Waals surface area contributed by atoms with Gasteiger partial charge in [-0.2, -0.15) is 0 Å². The van der Waals surface area contributed by atoms with Crippen LogP contribution in [0.4, 0.5) is 5.69 Å². The van der Waals surface area contributed by atoms with Gasteiger partial charge in [0.05, 0.1) is 6.61 Å². The Bertz CT molecular complexity index is 305. The molecule has 0 aliphatic rings. The molecule has 0 N–H and O–H groups in total. The van der Waals surface area contributed by atoms with E-state index < -0.39 is 0 Å². The summed E-state index contributed by atoms with van der Waals surface area (Å²) in [4.78, 5) is 2.69. The molecule has 0 aliphatic heterocycles. The lowest BCUT2D eigenvalue weighted by Gasteiger charge is -1.98. The van der Waals surface area contributed by atoms with Crippen LogP contribution in [0.15, 0.2) is 29.4 Å².